The summed E-state index contributed by atoms with van der Waals surface area (Å²) in [7, 11) is 2.10. The molecule has 3 rings (SSSR count). The number of Topliss-reactive ketones (excluding diaryl/α,β-unsaturated/α-hetero) is 1. The molecule has 1 aromatic carbocycles. The Kier molecular flexibility index (Phi) is 3.42. The highest BCUT2D eigenvalue weighted by Gasteiger charge is 2.27. The minimum Gasteiger partial charge on any atom is -0.381 e. The first-order valence-electron chi connectivity index (χ1n) is 6.91. The van der Waals surface area contributed by atoms with E-state index in [1.807, 2.05) is 12.1 Å². The maximum atomic E-state index is 12.3. The lowest BCUT2D eigenvalue weighted by Crippen LogP contribution is -2.42. The Morgan fingerprint density at radius 2 is 2.11 bits per heavy atom. The number of para-hydroxylation sites is 2. The van der Waals surface area contributed by atoms with Gasteiger partial charge in [0, 0.05) is 32.7 Å². The van der Waals surface area contributed by atoms with Gasteiger partial charge >= 0.3 is 0 Å². The van der Waals surface area contributed by atoms with Crippen molar-refractivity contribution in [3.05, 3.63) is 24.3 Å². The van der Waals surface area contributed by atoms with Crippen LogP contribution in [-0.2, 0) is 9.53 Å². The number of hydrogen-bond donors (Lipinski definition) is 0. The molecule has 0 aliphatic carbocycles. The molecule has 0 bridgehead atoms. The summed E-state index contributed by atoms with van der Waals surface area (Å²) < 4.78 is 5.31. The number of anilines is 2. The second-order valence-corrected chi connectivity index (χ2v) is 5.36. The molecule has 0 spiro atoms. The van der Waals surface area contributed by atoms with Crippen molar-refractivity contribution in [2.45, 2.75) is 6.42 Å². The highest BCUT2D eigenvalue weighted by Crippen LogP contribution is 2.31. The van der Waals surface area contributed by atoms with Crippen LogP contribution in [0.25, 0.3) is 0 Å². The lowest BCUT2D eigenvalue weighted by Gasteiger charge is -2.36. The number of benzene rings is 1. The monoisotopic (exact) mass is 260 g/mol. The lowest BCUT2D eigenvalue weighted by atomic mass is 10.0. The molecule has 1 aromatic rings. The number of nitrogens with zero attached hydrogens (tertiary/aromatic N) is 2. The van der Waals surface area contributed by atoms with Crippen LogP contribution in [0.1, 0.15) is 6.42 Å². The van der Waals surface area contributed by atoms with E-state index < -0.39 is 0 Å². The fourth-order valence-corrected chi connectivity index (χ4v) is 2.84. The van der Waals surface area contributed by atoms with E-state index in [1.54, 1.807) is 0 Å². The summed E-state index contributed by atoms with van der Waals surface area (Å²) in [6.07, 6.45) is 0.883. The van der Waals surface area contributed by atoms with Crippen LogP contribution < -0.4 is 9.80 Å². The van der Waals surface area contributed by atoms with Crippen molar-refractivity contribution in [1.29, 1.82) is 0 Å². The third-order valence-electron chi connectivity index (χ3n) is 4.07. The van der Waals surface area contributed by atoms with Gasteiger partial charge in [0.25, 0.3) is 0 Å². The van der Waals surface area contributed by atoms with Crippen molar-refractivity contribution in [3.8, 4) is 0 Å². The highest BCUT2D eigenvalue weighted by molar-refractivity contribution is 5.88. The smallest absolute Gasteiger partial charge is 0.157 e. The van der Waals surface area contributed by atoms with E-state index in [1.165, 1.54) is 11.4 Å². The first-order valence-corrected chi connectivity index (χ1v) is 6.91. The zero-order valence-corrected chi connectivity index (χ0v) is 11.3. The van der Waals surface area contributed by atoms with Crippen LogP contribution in [0.3, 0.4) is 0 Å². The molecule has 1 unspecified atom stereocenters. The summed E-state index contributed by atoms with van der Waals surface area (Å²) in [5.74, 6) is 0.420. The first kappa shape index (κ1) is 12.5. The minimum atomic E-state index is 0.104. The molecule has 1 atom stereocenters. The van der Waals surface area contributed by atoms with E-state index >= 15 is 0 Å². The highest BCUT2D eigenvalue weighted by atomic mass is 16.5. The van der Waals surface area contributed by atoms with Crippen molar-refractivity contribution in [3.63, 3.8) is 0 Å². The van der Waals surface area contributed by atoms with Crippen molar-refractivity contribution in [1.82, 2.24) is 0 Å². The average Bonchev–Trinajstić information content (AvgIpc) is 2.96. The lowest BCUT2D eigenvalue weighted by molar-refractivity contribution is -0.121. The van der Waals surface area contributed by atoms with Crippen LogP contribution in [-0.4, -0.2) is 45.7 Å². The summed E-state index contributed by atoms with van der Waals surface area (Å²) >= 11 is 0. The van der Waals surface area contributed by atoms with Gasteiger partial charge in [0.2, 0.25) is 0 Å². The Hall–Kier alpha value is -1.55. The molecular weight excluding hydrogens is 240 g/mol. The van der Waals surface area contributed by atoms with Crippen LogP contribution in [0.15, 0.2) is 24.3 Å². The maximum Gasteiger partial charge on any atom is 0.157 e. The van der Waals surface area contributed by atoms with Gasteiger partial charge in [-0.25, -0.2) is 0 Å². The van der Waals surface area contributed by atoms with Gasteiger partial charge < -0.3 is 14.5 Å². The SMILES string of the molecule is CN1CCN(CC(=O)C2CCOC2)c2ccccc21. The number of hydrogen-bond acceptors (Lipinski definition) is 4. The van der Waals surface area contributed by atoms with E-state index in [2.05, 4.69) is 29.0 Å². The van der Waals surface area contributed by atoms with Gasteiger partial charge in [0.15, 0.2) is 5.78 Å². The van der Waals surface area contributed by atoms with Gasteiger partial charge in [-0.15, -0.1) is 0 Å². The minimum absolute atomic E-state index is 0.104. The quantitative estimate of drug-likeness (QED) is 0.825. The molecule has 1 fully saturated rings. The molecule has 102 valence electrons. The van der Waals surface area contributed by atoms with Crippen LogP contribution >= 0.6 is 0 Å². The second-order valence-electron chi connectivity index (χ2n) is 5.36. The molecule has 0 amide bonds. The third-order valence-corrected chi connectivity index (χ3v) is 4.07. The van der Waals surface area contributed by atoms with E-state index in [4.69, 9.17) is 4.74 Å². The van der Waals surface area contributed by atoms with Crippen molar-refractivity contribution in [2.75, 3.05) is 49.7 Å². The summed E-state index contributed by atoms with van der Waals surface area (Å²) in [5.41, 5.74) is 2.38. The number of ether oxygens (including phenoxy) is 1. The molecule has 2 heterocycles. The molecule has 1 saturated heterocycles. The Bertz CT molecular complexity index is 469. The molecule has 0 aromatic heterocycles. The van der Waals surface area contributed by atoms with Gasteiger partial charge in [-0.2, -0.15) is 0 Å². The Morgan fingerprint density at radius 1 is 1.32 bits per heavy atom. The number of rotatable bonds is 3. The molecular formula is C15H20N2O2. The summed E-state index contributed by atoms with van der Waals surface area (Å²) in [6, 6.07) is 8.30. The number of fused-ring (bicyclic) bond motifs is 1. The van der Waals surface area contributed by atoms with Gasteiger partial charge in [-0.05, 0) is 18.6 Å². The summed E-state index contributed by atoms with van der Waals surface area (Å²) in [5, 5.41) is 0. The van der Waals surface area contributed by atoms with Gasteiger partial charge in [-0.1, -0.05) is 12.1 Å². The maximum absolute atomic E-state index is 12.3. The number of likely N-dealkylation sites (N-methyl/N-ethyl adjacent to an activating group) is 1. The first-order chi connectivity index (χ1) is 9.25. The molecule has 0 saturated carbocycles. The fraction of sp³-hybridized carbons (Fsp3) is 0.533. The van der Waals surface area contributed by atoms with Gasteiger partial charge in [-0.3, -0.25) is 4.79 Å². The van der Waals surface area contributed by atoms with Crippen molar-refractivity contribution in [2.24, 2.45) is 5.92 Å². The van der Waals surface area contributed by atoms with Crippen LogP contribution in [0.5, 0.6) is 0 Å². The van der Waals surface area contributed by atoms with E-state index in [0.29, 0.717) is 18.9 Å². The fourth-order valence-electron chi connectivity index (χ4n) is 2.84. The Morgan fingerprint density at radius 3 is 2.84 bits per heavy atom. The Balaban J connectivity index is 1.75. The molecule has 0 N–H and O–H groups in total. The molecule has 0 radical (unpaired) electrons. The van der Waals surface area contributed by atoms with E-state index in [9.17, 15) is 4.79 Å². The molecule has 4 nitrogen and oxygen atoms in total. The predicted octanol–water partition coefficient (Wildman–Crippen LogP) is 1.55. The second kappa shape index (κ2) is 5.21. The Labute approximate surface area is 113 Å². The third kappa shape index (κ3) is 2.45. The normalized spacial score (nSPS) is 22.5. The zero-order chi connectivity index (χ0) is 13.2. The molecule has 4 heteroatoms. The predicted molar refractivity (Wildman–Crippen MR) is 75.9 cm³/mol. The molecule has 2 aliphatic rings. The van der Waals surface area contributed by atoms with Gasteiger partial charge in [0.05, 0.1) is 24.5 Å². The average molecular weight is 260 g/mol. The number of carbonyl (C=O) groups is 1. The zero-order valence-electron chi connectivity index (χ0n) is 11.3. The van der Waals surface area contributed by atoms with Crippen LogP contribution in [0.4, 0.5) is 11.4 Å². The standard InChI is InChI=1S/C15H20N2O2/c1-16-7-8-17(14-5-3-2-4-13(14)16)10-15(18)12-6-9-19-11-12/h2-5,12H,6-11H2,1H3. The van der Waals surface area contributed by atoms with Gasteiger partial charge in [0.1, 0.15) is 0 Å². The van der Waals surface area contributed by atoms with Crippen molar-refractivity contribution >= 4 is 17.2 Å². The summed E-state index contributed by atoms with van der Waals surface area (Å²) in [6.45, 7) is 3.72. The summed E-state index contributed by atoms with van der Waals surface area (Å²) in [4.78, 5) is 16.7. The van der Waals surface area contributed by atoms with E-state index in [-0.39, 0.29) is 5.92 Å². The number of ketones is 1. The largest absolute Gasteiger partial charge is 0.381 e. The topological polar surface area (TPSA) is 32.8 Å². The van der Waals surface area contributed by atoms with Crippen LogP contribution in [0, 0.1) is 5.92 Å². The van der Waals surface area contributed by atoms with Crippen molar-refractivity contribution < 1.29 is 9.53 Å². The molecule has 19 heavy (non-hydrogen) atoms. The molecule has 2 aliphatic heterocycles. The van der Waals surface area contributed by atoms with E-state index in [0.717, 1.165) is 26.1 Å². The van der Waals surface area contributed by atoms with Crippen LogP contribution in [0.2, 0.25) is 0 Å². The number of carbonyl (C=O) groups excluding carboxylic acids is 1.